The fraction of sp³-hybridized carbons (Fsp3) is 1.00. The smallest absolute Gasteiger partial charge is 0.0428 e. The predicted octanol–water partition coefficient (Wildman–Crippen LogP) is 1.38. The van der Waals surface area contributed by atoms with Crippen LogP contribution in [0.4, 0.5) is 0 Å². The Labute approximate surface area is 59.1 Å². The van der Waals surface area contributed by atoms with E-state index in [0.717, 1.165) is 6.42 Å². The fourth-order valence-corrected chi connectivity index (χ4v) is 0. The van der Waals surface area contributed by atoms with E-state index < -0.39 is 0 Å². The molecule has 0 atom stereocenters. The number of hydrogen-bond acceptors (Lipinski definition) is 2. The number of hydrogen-bond donors (Lipinski definition) is 2. The summed E-state index contributed by atoms with van der Waals surface area (Å²) in [6, 6.07) is 0.333. The topological polar surface area (TPSA) is 46.2 Å². The van der Waals surface area contributed by atoms with Crippen LogP contribution in [0.5, 0.6) is 0 Å². The highest BCUT2D eigenvalue weighted by molar-refractivity contribution is 4.32. The van der Waals surface area contributed by atoms with Crippen molar-refractivity contribution in [3.05, 3.63) is 0 Å². The summed E-state index contributed by atoms with van der Waals surface area (Å²) in [6.07, 6.45) is 0.875. The fourth-order valence-electron chi connectivity index (χ4n) is 0. The van der Waals surface area contributed by atoms with Gasteiger partial charge in [-0.1, -0.05) is 28.2 Å². The van der Waals surface area contributed by atoms with Gasteiger partial charge in [0.05, 0.1) is 0 Å². The molecule has 0 bridgehead atoms. The summed E-state index contributed by atoms with van der Waals surface area (Å²) in [4.78, 5) is 0. The minimum Gasteiger partial charge on any atom is -0.396 e. The van der Waals surface area contributed by atoms with Crippen LogP contribution in [0.15, 0.2) is 0 Å². The highest BCUT2D eigenvalue weighted by Crippen LogP contribution is 1.61. The molecule has 0 amide bonds. The Morgan fingerprint density at radius 1 is 1.44 bits per heavy atom. The minimum atomic E-state index is 0. The third kappa shape index (κ3) is 328. The van der Waals surface area contributed by atoms with Gasteiger partial charge in [0, 0.05) is 6.61 Å². The second-order valence-electron chi connectivity index (χ2n) is 1.97. The lowest BCUT2D eigenvalue weighted by Gasteiger charge is -1.81. The third-order valence-corrected chi connectivity index (χ3v) is 0.224. The molecule has 0 aromatic heterocycles. The highest BCUT2D eigenvalue weighted by atomic mass is 16.2. The van der Waals surface area contributed by atoms with Crippen molar-refractivity contribution in [3.8, 4) is 0 Å². The molecule has 3 N–H and O–H groups in total. The maximum Gasteiger partial charge on any atom is 0.0428 e. The van der Waals surface area contributed by atoms with E-state index in [1.165, 1.54) is 0 Å². The van der Waals surface area contributed by atoms with Crippen molar-refractivity contribution in [1.82, 2.24) is 0 Å². The molecule has 0 aromatic carbocycles. The van der Waals surface area contributed by atoms with E-state index in [4.69, 9.17) is 10.8 Å². The van der Waals surface area contributed by atoms with E-state index >= 15 is 0 Å². The van der Waals surface area contributed by atoms with Crippen molar-refractivity contribution in [1.29, 1.82) is 0 Å². The monoisotopic (exact) mass is 135 g/mol. The normalized spacial score (nSPS) is 7.33. The van der Waals surface area contributed by atoms with Crippen LogP contribution in [-0.2, 0) is 0 Å². The summed E-state index contributed by atoms with van der Waals surface area (Å²) < 4.78 is 0. The first kappa shape index (κ1) is 16.0. The van der Waals surface area contributed by atoms with Crippen LogP contribution in [0.25, 0.3) is 0 Å². The van der Waals surface area contributed by atoms with Gasteiger partial charge in [-0.3, -0.25) is 0 Å². The van der Waals surface area contributed by atoms with E-state index in [1.807, 2.05) is 20.8 Å². The molecule has 0 aliphatic carbocycles. The molecular weight excluding hydrogens is 114 g/mol. The first-order valence-corrected chi connectivity index (χ1v) is 3.01. The van der Waals surface area contributed by atoms with E-state index in [0.29, 0.717) is 12.6 Å². The third-order valence-electron chi connectivity index (χ3n) is 0.224. The maximum atomic E-state index is 7.88. The molecule has 0 aromatic rings. The Bertz CT molecular complexity index is 25.3. The number of nitrogens with two attached hydrogens (primary N) is 1. The maximum absolute atomic E-state index is 7.88. The predicted molar refractivity (Wildman–Crippen MR) is 43.4 cm³/mol. The van der Waals surface area contributed by atoms with Crippen molar-refractivity contribution < 1.29 is 5.11 Å². The summed E-state index contributed by atoms with van der Waals surface area (Å²) in [5.41, 5.74) is 5.11. The molecule has 9 heavy (non-hydrogen) atoms. The second-order valence-corrected chi connectivity index (χ2v) is 1.97. The molecule has 0 spiro atoms. The van der Waals surface area contributed by atoms with E-state index in [1.54, 1.807) is 0 Å². The van der Waals surface area contributed by atoms with Gasteiger partial charge in [-0.25, -0.2) is 0 Å². The highest BCUT2D eigenvalue weighted by Gasteiger charge is 1.67. The SMILES string of the molecule is C.CC(C)N.CCCO. The number of aliphatic hydroxyl groups excluding tert-OH is 1. The summed E-state index contributed by atoms with van der Waals surface area (Å²) in [5, 5.41) is 7.88. The zero-order valence-electron chi connectivity index (χ0n) is 6.02. The molecule has 0 saturated carbocycles. The number of aliphatic hydroxyl groups is 1. The van der Waals surface area contributed by atoms with Gasteiger partial charge in [-0.2, -0.15) is 0 Å². The van der Waals surface area contributed by atoms with Crippen molar-refractivity contribution in [2.24, 2.45) is 5.73 Å². The van der Waals surface area contributed by atoms with E-state index in [2.05, 4.69) is 0 Å². The first-order chi connectivity index (χ1) is 3.65. The van der Waals surface area contributed by atoms with Crippen molar-refractivity contribution >= 4 is 0 Å². The van der Waals surface area contributed by atoms with Crippen LogP contribution in [-0.4, -0.2) is 17.8 Å². The molecule has 2 heteroatoms. The molecule has 60 valence electrons. The first-order valence-electron chi connectivity index (χ1n) is 3.01. The molecule has 0 heterocycles. The number of rotatable bonds is 1. The Balaban J connectivity index is -0.0000000720. The zero-order chi connectivity index (χ0) is 6.99. The van der Waals surface area contributed by atoms with Gasteiger partial charge in [0.15, 0.2) is 0 Å². The lowest BCUT2D eigenvalue weighted by Crippen LogP contribution is -2.06. The van der Waals surface area contributed by atoms with Crippen LogP contribution < -0.4 is 5.73 Å². The Morgan fingerprint density at radius 2 is 1.56 bits per heavy atom. The lowest BCUT2D eigenvalue weighted by molar-refractivity contribution is 0.295. The van der Waals surface area contributed by atoms with Crippen molar-refractivity contribution in [2.75, 3.05) is 6.61 Å². The summed E-state index contributed by atoms with van der Waals surface area (Å²) in [7, 11) is 0. The standard InChI is InChI=1S/C3H9N.C3H8O.CH4/c1-3(2)4;1-2-3-4;/h3H,4H2,1-2H3;4H,2-3H2,1H3;1H4. The molecule has 2 nitrogen and oxygen atoms in total. The van der Waals surface area contributed by atoms with Gasteiger partial charge >= 0.3 is 0 Å². The molecule has 0 rings (SSSR count). The van der Waals surface area contributed by atoms with Crippen LogP contribution in [0, 0.1) is 0 Å². The van der Waals surface area contributed by atoms with Gasteiger partial charge in [-0.05, 0) is 12.5 Å². The Kier molecular flexibility index (Phi) is 27.8. The summed E-state index contributed by atoms with van der Waals surface area (Å²) >= 11 is 0. The molecule has 0 unspecified atom stereocenters. The lowest BCUT2D eigenvalue weighted by atomic mass is 10.5. The van der Waals surface area contributed by atoms with Gasteiger partial charge in [0.2, 0.25) is 0 Å². The van der Waals surface area contributed by atoms with Gasteiger partial charge < -0.3 is 10.8 Å². The zero-order valence-corrected chi connectivity index (χ0v) is 6.02. The molecular formula is C7H21NO. The van der Waals surface area contributed by atoms with Gasteiger partial charge in [0.25, 0.3) is 0 Å². The average Bonchev–Trinajstić information content (AvgIpc) is 1.65. The average molecular weight is 135 g/mol. The Morgan fingerprint density at radius 3 is 1.56 bits per heavy atom. The van der Waals surface area contributed by atoms with Gasteiger partial charge in [-0.15, -0.1) is 0 Å². The van der Waals surface area contributed by atoms with Crippen LogP contribution in [0.1, 0.15) is 34.6 Å². The van der Waals surface area contributed by atoms with Crippen LogP contribution >= 0.6 is 0 Å². The van der Waals surface area contributed by atoms with Crippen molar-refractivity contribution in [3.63, 3.8) is 0 Å². The van der Waals surface area contributed by atoms with Crippen molar-refractivity contribution in [2.45, 2.75) is 40.7 Å². The van der Waals surface area contributed by atoms with E-state index in [-0.39, 0.29) is 7.43 Å². The molecule has 0 radical (unpaired) electrons. The van der Waals surface area contributed by atoms with Crippen LogP contribution in [0.2, 0.25) is 0 Å². The van der Waals surface area contributed by atoms with Crippen LogP contribution in [0.3, 0.4) is 0 Å². The Hall–Kier alpha value is -0.0800. The molecule has 0 fully saturated rings. The van der Waals surface area contributed by atoms with Gasteiger partial charge in [0.1, 0.15) is 0 Å². The summed E-state index contributed by atoms with van der Waals surface area (Å²) in [6.45, 7) is 6.14. The summed E-state index contributed by atoms with van der Waals surface area (Å²) in [5.74, 6) is 0. The quantitative estimate of drug-likeness (QED) is 0.570. The minimum absolute atomic E-state index is 0. The largest absolute Gasteiger partial charge is 0.396 e. The molecule has 0 aliphatic heterocycles. The second kappa shape index (κ2) is 15.7. The molecule has 0 saturated heterocycles. The molecule has 0 aliphatic rings. The van der Waals surface area contributed by atoms with E-state index in [9.17, 15) is 0 Å².